The van der Waals surface area contributed by atoms with Crippen molar-refractivity contribution in [3.8, 4) is 22.5 Å². The van der Waals surface area contributed by atoms with E-state index in [2.05, 4.69) is 27.7 Å². The topological polar surface area (TPSA) is 89.3 Å². The van der Waals surface area contributed by atoms with E-state index < -0.39 is 11.4 Å². The molecule has 3 heterocycles. The molecular weight excluding hydrogens is 436 g/mol. The van der Waals surface area contributed by atoms with Crippen molar-refractivity contribution in [2.45, 2.75) is 53.5 Å². The van der Waals surface area contributed by atoms with Crippen molar-refractivity contribution in [1.82, 2.24) is 9.55 Å². The van der Waals surface area contributed by atoms with Crippen molar-refractivity contribution >= 4 is 23.1 Å². The van der Waals surface area contributed by atoms with Gasteiger partial charge in [0.1, 0.15) is 5.56 Å². The van der Waals surface area contributed by atoms with Gasteiger partial charge in [0.2, 0.25) is 0 Å². The van der Waals surface area contributed by atoms with E-state index in [-0.39, 0.29) is 23.3 Å². The van der Waals surface area contributed by atoms with Crippen molar-refractivity contribution < 1.29 is 14.7 Å². The van der Waals surface area contributed by atoms with Crippen LogP contribution in [0, 0.1) is 11.8 Å². The molecule has 2 aromatic heterocycles. The standard InChI is InChI=1S/C26H28N2O4S/c1-13(2)6-25-27-21(12-33-25)19-7-16-8-22(14(3)4)28-11-20(26(31)32)24(30)10-23(28)18(16)9-17(19)15(5)29/h7,9-14,22H,6,8H2,1-5H3,(H,31,32). The van der Waals surface area contributed by atoms with Gasteiger partial charge in [0, 0.05) is 46.8 Å². The Labute approximate surface area is 196 Å². The van der Waals surface area contributed by atoms with Crippen LogP contribution in [-0.2, 0) is 12.8 Å². The Balaban J connectivity index is 1.93. The van der Waals surface area contributed by atoms with Gasteiger partial charge >= 0.3 is 5.97 Å². The number of ketones is 1. The number of benzene rings is 1. The SMILES string of the molecule is CC(=O)c1cc2c(cc1-c1csc(CC(C)C)n1)CC(C(C)C)n1cc(C(=O)O)c(=O)cc1-2. The predicted octanol–water partition coefficient (Wildman–Crippen LogP) is 5.49. The van der Waals surface area contributed by atoms with E-state index in [9.17, 15) is 19.5 Å². The number of fused-ring (bicyclic) bond motifs is 3. The highest BCUT2D eigenvalue weighted by Gasteiger charge is 2.29. The number of Topliss-reactive ketones (excluding diaryl/α,β-unsaturated/α-hetero) is 1. The number of aromatic carboxylic acids is 1. The van der Waals surface area contributed by atoms with Gasteiger partial charge in [-0.1, -0.05) is 27.7 Å². The van der Waals surface area contributed by atoms with Crippen LogP contribution in [0.15, 0.2) is 34.6 Å². The molecule has 0 saturated carbocycles. The van der Waals surface area contributed by atoms with Crippen LogP contribution in [0.5, 0.6) is 0 Å². The van der Waals surface area contributed by atoms with Crippen LogP contribution in [0.3, 0.4) is 0 Å². The molecule has 1 aliphatic heterocycles. The molecule has 0 saturated heterocycles. The van der Waals surface area contributed by atoms with Gasteiger partial charge in [-0.2, -0.15) is 0 Å². The maximum atomic E-state index is 12.6. The zero-order chi connectivity index (χ0) is 24.0. The normalized spacial score (nSPS) is 14.9. The summed E-state index contributed by atoms with van der Waals surface area (Å²) in [6.45, 7) is 10.0. The fourth-order valence-electron chi connectivity index (χ4n) is 4.51. The molecule has 0 amide bonds. The van der Waals surface area contributed by atoms with Crippen LogP contribution < -0.4 is 5.43 Å². The number of pyridine rings is 1. The molecule has 1 atom stereocenters. The molecule has 7 heteroatoms. The Morgan fingerprint density at radius 1 is 1.15 bits per heavy atom. The summed E-state index contributed by atoms with van der Waals surface area (Å²) in [6.07, 6.45) is 3.02. The Kier molecular flexibility index (Phi) is 6.10. The smallest absolute Gasteiger partial charge is 0.341 e. The highest BCUT2D eigenvalue weighted by Crippen LogP contribution is 2.41. The Morgan fingerprint density at radius 2 is 1.88 bits per heavy atom. The van der Waals surface area contributed by atoms with Crippen molar-refractivity contribution in [2.24, 2.45) is 11.8 Å². The van der Waals surface area contributed by atoms with Crippen molar-refractivity contribution in [3.63, 3.8) is 0 Å². The summed E-state index contributed by atoms with van der Waals surface area (Å²) in [6, 6.07) is 5.27. The molecule has 0 spiro atoms. The summed E-state index contributed by atoms with van der Waals surface area (Å²) in [4.78, 5) is 41.6. The number of aromatic nitrogens is 2. The van der Waals surface area contributed by atoms with E-state index in [4.69, 9.17) is 4.98 Å². The number of carboxylic acids is 1. The first-order valence-electron chi connectivity index (χ1n) is 11.2. The third-order valence-electron chi connectivity index (χ3n) is 6.18. The fourth-order valence-corrected chi connectivity index (χ4v) is 5.52. The maximum absolute atomic E-state index is 12.6. The summed E-state index contributed by atoms with van der Waals surface area (Å²) in [5.41, 5.74) is 3.88. The lowest BCUT2D eigenvalue weighted by Crippen LogP contribution is -2.28. The molecule has 0 bridgehead atoms. The lowest BCUT2D eigenvalue weighted by Gasteiger charge is -2.34. The summed E-state index contributed by atoms with van der Waals surface area (Å²) < 4.78 is 1.89. The molecule has 1 N–H and O–H groups in total. The second kappa shape index (κ2) is 8.71. The van der Waals surface area contributed by atoms with Crippen molar-refractivity contribution in [1.29, 1.82) is 0 Å². The molecule has 4 rings (SSSR count). The Bertz CT molecular complexity index is 1320. The molecule has 3 aromatic rings. The molecule has 0 aliphatic carbocycles. The highest BCUT2D eigenvalue weighted by atomic mass is 32.1. The first-order chi connectivity index (χ1) is 15.6. The van der Waals surface area contributed by atoms with Gasteiger partial charge in [0.05, 0.1) is 16.4 Å². The van der Waals surface area contributed by atoms with E-state index in [1.54, 1.807) is 11.3 Å². The molecule has 6 nitrogen and oxygen atoms in total. The van der Waals surface area contributed by atoms with Crippen LogP contribution in [-0.4, -0.2) is 26.4 Å². The van der Waals surface area contributed by atoms with E-state index in [1.165, 1.54) is 19.2 Å². The van der Waals surface area contributed by atoms with E-state index in [0.717, 1.165) is 33.8 Å². The summed E-state index contributed by atoms with van der Waals surface area (Å²) >= 11 is 1.61. The third-order valence-corrected chi connectivity index (χ3v) is 7.05. The highest BCUT2D eigenvalue weighted by molar-refractivity contribution is 7.09. The van der Waals surface area contributed by atoms with Gasteiger partial charge in [0.15, 0.2) is 11.2 Å². The number of hydrogen-bond donors (Lipinski definition) is 1. The molecule has 1 aliphatic rings. The number of nitrogens with zero attached hydrogens (tertiary/aromatic N) is 2. The minimum Gasteiger partial charge on any atom is -0.477 e. The molecule has 172 valence electrons. The second-order valence-corrected chi connectivity index (χ2v) is 10.4. The molecule has 33 heavy (non-hydrogen) atoms. The number of carboxylic acid groups (broad SMARTS) is 1. The first-order valence-corrected chi connectivity index (χ1v) is 12.1. The number of rotatable bonds is 6. The molecule has 0 radical (unpaired) electrons. The monoisotopic (exact) mass is 464 g/mol. The van der Waals surface area contributed by atoms with Crippen LogP contribution in [0.2, 0.25) is 0 Å². The van der Waals surface area contributed by atoms with Gasteiger partial charge in [-0.25, -0.2) is 9.78 Å². The lowest BCUT2D eigenvalue weighted by molar-refractivity contribution is 0.0694. The Hall–Kier alpha value is -3.06. The molecule has 0 fully saturated rings. The van der Waals surface area contributed by atoms with Gasteiger partial charge in [0.25, 0.3) is 0 Å². The minimum absolute atomic E-state index is 0.00540. The fraction of sp³-hybridized carbons (Fsp3) is 0.385. The summed E-state index contributed by atoms with van der Waals surface area (Å²) in [5.74, 6) is -0.594. The second-order valence-electron chi connectivity index (χ2n) is 9.50. The lowest BCUT2D eigenvalue weighted by atomic mass is 9.84. The van der Waals surface area contributed by atoms with Crippen LogP contribution in [0.4, 0.5) is 0 Å². The molecular formula is C26H28N2O4S. The average Bonchev–Trinajstić information content (AvgIpc) is 3.18. The van der Waals surface area contributed by atoms with Gasteiger partial charge < -0.3 is 9.67 Å². The van der Waals surface area contributed by atoms with E-state index >= 15 is 0 Å². The number of thiazole rings is 1. The Morgan fingerprint density at radius 3 is 2.48 bits per heavy atom. The van der Waals surface area contributed by atoms with Crippen LogP contribution in [0.25, 0.3) is 22.5 Å². The van der Waals surface area contributed by atoms with E-state index in [1.807, 2.05) is 22.1 Å². The largest absolute Gasteiger partial charge is 0.477 e. The van der Waals surface area contributed by atoms with E-state index in [0.29, 0.717) is 23.6 Å². The number of carbonyl (C=O) groups excluding carboxylic acids is 1. The zero-order valence-electron chi connectivity index (χ0n) is 19.5. The number of carbonyl (C=O) groups is 2. The summed E-state index contributed by atoms with van der Waals surface area (Å²) in [7, 11) is 0. The predicted molar refractivity (Wildman–Crippen MR) is 130 cm³/mol. The molecule has 1 unspecified atom stereocenters. The van der Waals surface area contributed by atoms with Gasteiger partial charge in [-0.3, -0.25) is 9.59 Å². The maximum Gasteiger partial charge on any atom is 0.341 e. The van der Waals surface area contributed by atoms with Crippen LogP contribution in [0.1, 0.15) is 71.9 Å². The first kappa shape index (κ1) is 23.1. The minimum atomic E-state index is -1.23. The van der Waals surface area contributed by atoms with Gasteiger partial charge in [-0.15, -0.1) is 11.3 Å². The van der Waals surface area contributed by atoms with Crippen LogP contribution >= 0.6 is 11.3 Å². The third kappa shape index (κ3) is 4.29. The number of hydrogen-bond acceptors (Lipinski definition) is 5. The summed E-state index contributed by atoms with van der Waals surface area (Å²) in [5, 5.41) is 12.5. The average molecular weight is 465 g/mol. The van der Waals surface area contributed by atoms with Crippen molar-refractivity contribution in [3.05, 3.63) is 61.7 Å². The zero-order valence-corrected chi connectivity index (χ0v) is 20.3. The van der Waals surface area contributed by atoms with Gasteiger partial charge in [-0.05, 0) is 42.9 Å². The van der Waals surface area contributed by atoms with Crippen molar-refractivity contribution in [2.75, 3.05) is 0 Å². The molecule has 1 aromatic carbocycles. The quantitative estimate of drug-likeness (QED) is 0.487.